The average molecular weight is 589 g/mol. The summed E-state index contributed by atoms with van der Waals surface area (Å²) in [6, 6.07) is 6.41. The van der Waals surface area contributed by atoms with Gasteiger partial charge in [0, 0.05) is 28.6 Å². The summed E-state index contributed by atoms with van der Waals surface area (Å²) in [5.41, 5.74) is 5.34. The average Bonchev–Trinajstić information content (AvgIpc) is 3.24. The largest absolute Gasteiger partial charge is 0.492 e. The standard InChI is InChI=1S/C20H18F2IN5O4S/c21-12-3-16(27-15-2-1-13(23)5-14(15)22)19(20(24)29)17(4-12)32-9-11-7-28(8-11)33(30,31)18-6-25-10-26-18/h1-6,10-11,27H,7-9H2,(H2,24,29)(H,25,26). The molecule has 0 atom stereocenters. The molecular formula is C20H18F2IN5O4S. The topological polar surface area (TPSA) is 130 Å². The number of ether oxygens (including phenoxy) is 1. The van der Waals surface area contributed by atoms with Gasteiger partial charge in [-0.3, -0.25) is 4.79 Å². The first-order valence-corrected chi connectivity index (χ1v) is 12.1. The maximum Gasteiger partial charge on any atom is 0.260 e. The Morgan fingerprint density at radius 2 is 2.03 bits per heavy atom. The van der Waals surface area contributed by atoms with Crippen molar-refractivity contribution in [1.29, 1.82) is 0 Å². The van der Waals surface area contributed by atoms with E-state index in [1.165, 1.54) is 29.0 Å². The number of carbonyl (C=O) groups excluding carboxylic acids is 1. The second kappa shape index (κ2) is 9.23. The summed E-state index contributed by atoms with van der Waals surface area (Å²) in [7, 11) is -3.67. The fraction of sp³-hybridized carbons (Fsp3) is 0.200. The van der Waals surface area contributed by atoms with Crippen molar-refractivity contribution in [2.75, 3.05) is 25.0 Å². The highest BCUT2D eigenvalue weighted by Gasteiger charge is 2.38. The van der Waals surface area contributed by atoms with Crippen LogP contribution in [0.15, 0.2) is 47.9 Å². The van der Waals surface area contributed by atoms with Crippen molar-refractivity contribution in [1.82, 2.24) is 14.3 Å². The summed E-state index contributed by atoms with van der Waals surface area (Å²) in [6.45, 7) is 0.388. The third kappa shape index (κ3) is 4.94. The number of nitrogens with one attached hydrogen (secondary N) is 2. The van der Waals surface area contributed by atoms with Gasteiger partial charge in [0.05, 0.1) is 30.5 Å². The SMILES string of the molecule is NC(=O)c1c(Nc2ccc(I)cc2F)cc(F)cc1OCC1CN(S(=O)(=O)c2cnc[nH]2)C1. The quantitative estimate of drug-likeness (QED) is 0.347. The van der Waals surface area contributed by atoms with Gasteiger partial charge in [0.15, 0.2) is 5.03 Å². The van der Waals surface area contributed by atoms with Gasteiger partial charge in [-0.15, -0.1) is 0 Å². The number of aromatic nitrogens is 2. The van der Waals surface area contributed by atoms with Crippen molar-refractivity contribution in [3.8, 4) is 5.75 Å². The zero-order valence-corrected chi connectivity index (χ0v) is 19.9. The number of halogens is 3. The van der Waals surface area contributed by atoms with Crippen LogP contribution in [0.1, 0.15) is 10.4 Å². The van der Waals surface area contributed by atoms with Crippen LogP contribution in [0.2, 0.25) is 0 Å². The van der Waals surface area contributed by atoms with Crippen molar-refractivity contribution >= 4 is 49.9 Å². The monoisotopic (exact) mass is 589 g/mol. The highest BCUT2D eigenvalue weighted by Crippen LogP contribution is 2.33. The zero-order chi connectivity index (χ0) is 23.8. The number of rotatable bonds is 8. The van der Waals surface area contributed by atoms with E-state index in [2.05, 4.69) is 15.3 Å². The maximum atomic E-state index is 14.3. The van der Waals surface area contributed by atoms with E-state index in [0.29, 0.717) is 3.57 Å². The molecule has 1 saturated heterocycles. The lowest BCUT2D eigenvalue weighted by molar-refractivity contribution is 0.0989. The molecule has 3 aromatic rings. The van der Waals surface area contributed by atoms with Crippen LogP contribution >= 0.6 is 22.6 Å². The van der Waals surface area contributed by atoms with Gasteiger partial charge in [-0.1, -0.05) is 0 Å². The number of primary amides is 1. The van der Waals surface area contributed by atoms with E-state index in [-0.39, 0.29) is 53.3 Å². The third-order valence-corrected chi connectivity index (χ3v) is 7.43. The fourth-order valence-corrected chi connectivity index (χ4v) is 5.28. The smallest absolute Gasteiger partial charge is 0.260 e. The molecule has 2 heterocycles. The number of nitrogens with zero attached hydrogens (tertiary/aromatic N) is 2. The first-order chi connectivity index (χ1) is 15.6. The molecule has 33 heavy (non-hydrogen) atoms. The lowest BCUT2D eigenvalue weighted by Gasteiger charge is -2.37. The Balaban J connectivity index is 1.49. The molecule has 174 valence electrons. The predicted octanol–water partition coefficient (Wildman–Crippen LogP) is 2.83. The van der Waals surface area contributed by atoms with E-state index in [1.807, 2.05) is 22.6 Å². The number of sulfonamides is 1. The molecule has 2 aromatic carbocycles. The van der Waals surface area contributed by atoms with Gasteiger partial charge in [-0.25, -0.2) is 22.2 Å². The van der Waals surface area contributed by atoms with Crippen LogP contribution in [0.3, 0.4) is 0 Å². The number of amides is 1. The molecular weight excluding hydrogens is 571 g/mol. The Hall–Kier alpha value is -2.78. The van der Waals surface area contributed by atoms with E-state index in [0.717, 1.165) is 12.1 Å². The van der Waals surface area contributed by atoms with Gasteiger partial charge in [0.25, 0.3) is 15.9 Å². The van der Waals surface area contributed by atoms with E-state index < -0.39 is 27.6 Å². The summed E-state index contributed by atoms with van der Waals surface area (Å²) >= 11 is 1.95. The minimum Gasteiger partial charge on any atom is -0.492 e. The number of H-pyrrole nitrogens is 1. The Kier molecular flexibility index (Phi) is 6.54. The molecule has 1 amide bonds. The molecule has 4 rings (SSSR count). The minimum atomic E-state index is -3.67. The van der Waals surface area contributed by atoms with Crippen molar-refractivity contribution < 1.29 is 26.7 Å². The number of nitrogens with two attached hydrogens (primary N) is 1. The fourth-order valence-electron chi connectivity index (χ4n) is 3.34. The normalized spacial score (nSPS) is 14.6. The van der Waals surface area contributed by atoms with Crippen molar-refractivity contribution in [2.24, 2.45) is 11.7 Å². The molecule has 0 unspecified atom stereocenters. The Labute approximate surface area is 201 Å². The number of aromatic amines is 1. The molecule has 1 aliphatic heterocycles. The number of carbonyl (C=O) groups is 1. The van der Waals surface area contributed by atoms with Gasteiger partial charge in [0.1, 0.15) is 22.9 Å². The van der Waals surface area contributed by atoms with Crippen LogP contribution in [0, 0.1) is 21.1 Å². The first kappa shape index (κ1) is 23.4. The van der Waals surface area contributed by atoms with Crippen LogP contribution in [0.5, 0.6) is 5.75 Å². The van der Waals surface area contributed by atoms with Crippen LogP contribution in [0.4, 0.5) is 20.2 Å². The molecule has 13 heteroatoms. The van der Waals surface area contributed by atoms with Crippen LogP contribution in [0.25, 0.3) is 0 Å². The highest BCUT2D eigenvalue weighted by atomic mass is 127. The molecule has 0 spiro atoms. The second-order valence-electron chi connectivity index (χ2n) is 7.35. The zero-order valence-electron chi connectivity index (χ0n) is 16.9. The van der Waals surface area contributed by atoms with Crippen LogP contribution in [-0.4, -0.2) is 48.3 Å². The summed E-state index contributed by atoms with van der Waals surface area (Å²) in [4.78, 5) is 18.4. The summed E-state index contributed by atoms with van der Waals surface area (Å²) in [6.07, 6.45) is 2.49. The number of anilines is 2. The molecule has 0 radical (unpaired) electrons. The molecule has 9 nitrogen and oxygen atoms in total. The molecule has 0 bridgehead atoms. The summed E-state index contributed by atoms with van der Waals surface area (Å²) in [5.74, 6) is -2.50. The van der Waals surface area contributed by atoms with Gasteiger partial charge in [0.2, 0.25) is 0 Å². The van der Waals surface area contributed by atoms with Gasteiger partial charge >= 0.3 is 0 Å². The molecule has 1 fully saturated rings. The lowest BCUT2D eigenvalue weighted by atomic mass is 10.1. The molecule has 0 saturated carbocycles. The van der Waals surface area contributed by atoms with Crippen molar-refractivity contribution in [2.45, 2.75) is 5.03 Å². The Bertz CT molecular complexity index is 1300. The summed E-state index contributed by atoms with van der Waals surface area (Å²) in [5, 5.41) is 2.68. The van der Waals surface area contributed by atoms with Crippen molar-refractivity contribution in [3.63, 3.8) is 0 Å². The molecule has 1 aliphatic rings. The number of hydrogen-bond acceptors (Lipinski definition) is 6. The Morgan fingerprint density at radius 1 is 1.27 bits per heavy atom. The van der Waals surface area contributed by atoms with E-state index in [1.54, 1.807) is 6.07 Å². The highest BCUT2D eigenvalue weighted by molar-refractivity contribution is 14.1. The second-order valence-corrected chi connectivity index (χ2v) is 10.5. The predicted molar refractivity (Wildman–Crippen MR) is 124 cm³/mol. The van der Waals surface area contributed by atoms with E-state index in [9.17, 15) is 22.0 Å². The number of imidazole rings is 1. The number of hydrogen-bond donors (Lipinski definition) is 3. The molecule has 4 N–H and O–H groups in total. The van der Waals surface area contributed by atoms with Gasteiger partial charge < -0.3 is 20.8 Å². The maximum absolute atomic E-state index is 14.3. The van der Waals surface area contributed by atoms with Crippen LogP contribution in [-0.2, 0) is 10.0 Å². The third-order valence-electron chi connectivity index (χ3n) is 5.00. The van der Waals surface area contributed by atoms with Crippen LogP contribution < -0.4 is 15.8 Å². The lowest BCUT2D eigenvalue weighted by Crippen LogP contribution is -2.51. The number of benzene rings is 2. The Morgan fingerprint density at radius 3 is 2.67 bits per heavy atom. The van der Waals surface area contributed by atoms with E-state index >= 15 is 0 Å². The van der Waals surface area contributed by atoms with Gasteiger partial charge in [-0.05, 0) is 46.9 Å². The van der Waals surface area contributed by atoms with E-state index in [4.69, 9.17) is 10.5 Å². The minimum absolute atomic E-state index is 0.0124. The first-order valence-electron chi connectivity index (χ1n) is 9.62. The van der Waals surface area contributed by atoms with Crippen molar-refractivity contribution in [3.05, 3.63) is 63.6 Å². The molecule has 0 aliphatic carbocycles. The summed E-state index contributed by atoms with van der Waals surface area (Å²) < 4.78 is 60.9. The van der Waals surface area contributed by atoms with Gasteiger partial charge in [-0.2, -0.15) is 4.31 Å². The molecule has 1 aromatic heterocycles.